The average Bonchev–Trinajstić information content (AvgIpc) is 2.69. The van der Waals surface area contributed by atoms with Gasteiger partial charge in [-0.3, -0.25) is 0 Å². The molecule has 0 saturated carbocycles. The molecule has 3 rings (SSSR count). The summed E-state index contributed by atoms with van der Waals surface area (Å²) < 4.78 is 16.4. The van der Waals surface area contributed by atoms with Crippen LogP contribution in [0.4, 0.5) is 0 Å². The maximum atomic E-state index is 11.7. The second-order valence-corrected chi connectivity index (χ2v) is 5.29. The summed E-state index contributed by atoms with van der Waals surface area (Å²) in [4.78, 5) is 25.1. The summed E-state index contributed by atoms with van der Waals surface area (Å²) in [5.41, 5.74) is 1.04. The minimum absolute atomic E-state index is 0.178. The van der Waals surface area contributed by atoms with E-state index in [0.717, 1.165) is 17.7 Å². The maximum Gasteiger partial charge on any atom is 0.335 e. The van der Waals surface area contributed by atoms with Gasteiger partial charge >= 0.3 is 17.8 Å². The van der Waals surface area contributed by atoms with Gasteiger partial charge in [-0.15, -0.1) is 0 Å². The summed E-state index contributed by atoms with van der Waals surface area (Å²) in [6, 6.07) is 9.73. The summed E-state index contributed by atoms with van der Waals surface area (Å²) in [7, 11) is 0. The van der Waals surface area contributed by atoms with Gasteiger partial charge in [0.25, 0.3) is 0 Å². The van der Waals surface area contributed by atoms with Crippen LogP contribution in [-0.2, 0) is 30.4 Å². The fourth-order valence-corrected chi connectivity index (χ4v) is 2.49. The Kier molecular flexibility index (Phi) is 4.71. The lowest BCUT2D eigenvalue weighted by molar-refractivity contribution is -0.300. The molecule has 122 valence electrons. The number of nitrogens with one attached hydrogen (secondary N) is 1. The highest BCUT2D eigenvalue weighted by atomic mass is 16.8. The second kappa shape index (κ2) is 6.91. The van der Waals surface area contributed by atoms with Crippen molar-refractivity contribution in [1.82, 2.24) is 10.2 Å². The minimum atomic E-state index is -1.47. The van der Waals surface area contributed by atoms with Crippen molar-refractivity contribution < 1.29 is 23.8 Å². The van der Waals surface area contributed by atoms with Gasteiger partial charge in [-0.2, -0.15) is 0 Å². The van der Waals surface area contributed by atoms with Gasteiger partial charge in [-0.25, -0.2) is 14.5 Å². The van der Waals surface area contributed by atoms with E-state index in [0.29, 0.717) is 19.7 Å². The molecular formula is C16H18N2O5. The van der Waals surface area contributed by atoms with Gasteiger partial charge in [0.2, 0.25) is 0 Å². The number of hydrogen-bond donors (Lipinski definition) is 1. The van der Waals surface area contributed by atoms with E-state index >= 15 is 0 Å². The Balaban J connectivity index is 1.66. The van der Waals surface area contributed by atoms with Crippen molar-refractivity contribution in [3.8, 4) is 0 Å². The van der Waals surface area contributed by atoms with Gasteiger partial charge in [0.15, 0.2) is 0 Å². The summed E-state index contributed by atoms with van der Waals surface area (Å²) in [5, 5.41) is 3.07. The second-order valence-electron chi connectivity index (χ2n) is 5.29. The Hall–Kier alpha value is -2.22. The molecule has 23 heavy (non-hydrogen) atoms. The standard InChI is InChI=1S/C16H18N2O5/c19-14-6-7-15(20)23-16(22-14)11-17-8-9-18(16)12-21-10-13-4-2-1-3-5-13/h1-7,17H,8-12H2. The van der Waals surface area contributed by atoms with E-state index < -0.39 is 17.8 Å². The van der Waals surface area contributed by atoms with Gasteiger partial charge in [0, 0.05) is 25.2 Å². The third kappa shape index (κ3) is 3.76. The Morgan fingerprint density at radius 3 is 2.52 bits per heavy atom. The lowest BCUT2D eigenvalue weighted by Gasteiger charge is -2.43. The lowest BCUT2D eigenvalue weighted by Crippen LogP contribution is -2.65. The Morgan fingerprint density at radius 2 is 1.83 bits per heavy atom. The first-order chi connectivity index (χ1) is 11.2. The number of carbonyl (C=O) groups is 2. The highest BCUT2D eigenvalue weighted by Gasteiger charge is 2.47. The van der Waals surface area contributed by atoms with Crippen molar-refractivity contribution >= 4 is 11.9 Å². The number of nitrogens with zero attached hydrogens (tertiary/aromatic N) is 1. The first-order valence-corrected chi connectivity index (χ1v) is 7.39. The highest BCUT2D eigenvalue weighted by molar-refractivity contribution is 5.93. The van der Waals surface area contributed by atoms with Crippen LogP contribution in [0.2, 0.25) is 0 Å². The normalized spacial score (nSPS) is 20.9. The van der Waals surface area contributed by atoms with Crippen LogP contribution in [-0.4, -0.2) is 49.1 Å². The molecule has 0 radical (unpaired) electrons. The smallest absolute Gasteiger partial charge is 0.335 e. The number of ether oxygens (including phenoxy) is 3. The Labute approximate surface area is 133 Å². The van der Waals surface area contributed by atoms with Crippen molar-refractivity contribution in [2.24, 2.45) is 0 Å². The number of piperazine rings is 1. The van der Waals surface area contributed by atoms with Crippen LogP contribution in [0.1, 0.15) is 5.56 Å². The quantitative estimate of drug-likeness (QED) is 0.804. The van der Waals surface area contributed by atoms with Crippen LogP contribution >= 0.6 is 0 Å². The van der Waals surface area contributed by atoms with Crippen LogP contribution in [0.25, 0.3) is 0 Å². The third-order valence-corrected chi connectivity index (χ3v) is 3.62. The predicted molar refractivity (Wildman–Crippen MR) is 79.7 cm³/mol. The number of carbonyl (C=O) groups excluding carboxylic acids is 2. The van der Waals surface area contributed by atoms with Crippen LogP contribution in [0, 0.1) is 0 Å². The molecule has 1 saturated heterocycles. The summed E-state index contributed by atoms with van der Waals surface area (Å²) in [6.07, 6.45) is 2.13. The minimum Gasteiger partial charge on any atom is -0.404 e. The highest BCUT2D eigenvalue weighted by Crippen LogP contribution is 2.24. The zero-order chi connectivity index (χ0) is 16.1. The molecular weight excluding hydrogens is 300 g/mol. The molecule has 0 aromatic heterocycles. The van der Waals surface area contributed by atoms with Gasteiger partial charge < -0.3 is 19.5 Å². The number of hydrogen-bond acceptors (Lipinski definition) is 7. The van der Waals surface area contributed by atoms with E-state index in [9.17, 15) is 9.59 Å². The molecule has 1 N–H and O–H groups in total. The largest absolute Gasteiger partial charge is 0.404 e. The van der Waals surface area contributed by atoms with Crippen molar-refractivity contribution in [1.29, 1.82) is 0 Å². The monoisotopic (exact) mass is 318 g/mol. The Bertz CT molecular complexity index is 582. The van der Waals surface area contributed by atoms with E-state index in [1.807, 2.05) is 30.3 Å². The fraction of sp³-hybridized carbons (Fsp3) is 0.375. The molecule has 1 fully saturated rings. The molecule has 0 unspecified atom stereocenters. The van der Waals surface area contributed by atoms with E-state index in [4.69, 9.17) is 14.2 Å². The number of esters is 2. The molecule has 2 heterocycles. The summed E-state index contributed by atoms with van der Waals surface area (Å²) >= 11 is 0. The molecule has 0 atom stereocenters. The van der Waals surface area contributed by atoms with Crippen LogP contribution < -0.4 is 5.32 Å². The average molecular weight is 318 g/mol. The molecule has 0 bridgehead atoms. The molecule has 7 heteroatoms. The first kappa shape index (κ1) is 15.7. The van der Waals surface area contributed by atoms with Gasteiger partial charge in [-0.1, -0.05) is 30.3 Å². The van der Waals surface area contributed by atoms with Crippen molar-refractivity contribution in [3.05, 3.63) is 48.0 Å². The van der Waals surface area contributed by atoms with E-state index in [1.54, 1.807) is 4.90 Å². The van der Waals surface area contributed by atoms with Gasteiger partial charge in [0.05, 0.1) is 13.2 Å². The van der Waals surface area contributed by atoms with Crippen molar-refractivity contribution in [3.63, 3.8) is 0 Å². The summed E-state index contributed by atoms with van der Waals surface area (Å²) in [5.74, 6) is -2.70. The molecule has 1 aromatic rings. The lowest BCUT2D eigenvalue weighted by atomic mass is 10.2. The van der Waals surface area contributed by atoms with Crippen LogP contribution in [0.3, 0.4) is 0 Å². The summed E-state index contributed by atoms with van der Waals surface area (Å²) in [6.45, 7) is 1.99. The van der Waals surface area contributed by atoms with Gasteiger partial charge in [-0.05, 0) is 5.56 Å². The SMILES string of the molecule is O=C1C=CC(=O)OC2(CNCCN2COCc2ccccc2)O1. The topological polar surface area (TPSA) is 77.1 Å². The molecule has 1 aromatic carbocycles. The fourth-order valence-electron chi connectivity index (χ4n) is 2.49. The van der Waals surface area contributed by atoms with Crippen molar-refractivity contribution in [2.75, 3.05) is 26.4 Å². The van der Waals surface area contributed by atoms with E-state index in [-0.39, 0.29) is 13.3 Å². The molecule has 1 spiro atoms. The predicted octanol–water partition coefficient (Wildman–Crippen LogP) is 0.376. The third-order valence-electron chi connectivity index (χ3n) is 3.62. The zero-order valence-electron chi connectivity index (χ0n) is 12.6. The van der Waals surface area contributed by atoms with Gasteiger partial charge in [0.1, 0.15) is 6.73 Å². The molecule has 2 aliphatic heterocycles. The maximum absolute atomic E-state index is 11.7. The molecule has 2 aliphatic rings. The zero-order valence-corrected chi connectivity index (χ0v) is 12.6. The number of rotatable bonds is 4. The Morgan fingerprint density at radius 1 is 1.13 bits per heavy atom. The van der Waals surface area contributed by atoms with Crippen LogP contribution in [0.15, 0.2) is 42.5 Å². The molecule has 0 aliphatic carbocycles. The molecule has 0 amide bonds. The van der Waals surface area contributed by atoms with Crippen molar-refractivity contribution in [2.45, 2.75) is 12.5 Å². The number of benzene rings is 1. The van der Waals surface area contributed by atoms with E-state index in [2.05, 4.69) is 5.32 Å². The molecule has 7 nitrogen and oxygen atoms in total. The van der Waals surface area contributed by atoms with Crippen LogP contribution in [0.5, 0.6) is 0 Å². The first-order valence-electron chi connectivity index (χ1n) is 7.39. The van der Waals surface area contributed by atoms with E-state index in [1.165, 1.54) is 0 Å².